The van der Waals surface area contributed by atoms with Crippen molar-refractivity contribution >= 4 is 27.6 Å². The molecule has 0 atom stereocenters. The highest BCUT2D eigenvalue weighted by molar-refractivity contribution is 9.10. The maximum atomic E-state index is 13.0. The third-order valence-corrected chi connectivity index (χ3v) is 3.62. The fourth-order valence-electron chi connectivity index (χ4n) is 1.82. The minimum absolute atomic E-state index is 0.0491. The van der Waals surface area contributed by atoms with Crippen molar-refractivity contribution in [2.24, 2.45) is 0 Å². The number of hydrogen-bond acceptors (Lipinski definition) is 3. The molecule has 0 fully saturated rings. The molecular formula is C15H13BrFNO2. The van der Waals surface area contributed by atoms with Crippen LogP contribution in [0.5, 0.6) is 0 Å². The molecule has 0 amide bonds. The number of carbonyl (C=O) groups is 1. The molecule has 2 aromatic rings. The number of halogens is 2. The van der Waals surface area contributed by atoms with Gasteiger partial charge in [-0.05, 0) is 30.7 Å². The molecule has 0 aliphatic heterocycles. The van der Waals surface area contributed by atoms with E-state index in [4.69, 9.17) is 10.5 Å². The number of nitrogen functional groups attached to an aromatic ring is 1. The molecular weight excluding hydrogens is 325 g/mol. The number of rotatable bonds is 3. The fraction of sp³-hybridized carbons (Fsp3) is 0.133. The van der Waals surface area contributed by atoms with Crippen LogP contribution in [-0.2, 0) is 11.3 Å². The Hall–Kier alpha value is -1.88. The highest BCUT2D eigenvalue weighted by atomic mass is 79.9. The average molecular weight is 338 g/mol. The number of hydrogen-bond donors (Lipinski definition) is 1. The van der Waals surface area contributed by atoms with Crippen molar-refractivity contribution in [3.8, 4) is 0 Å². The number of nitrogens with two attached hydrogens (primary N) is 1. The molecule has 0 unspecified atom stereocenters. The summed E-state index contributed by atoms with van der Waals surface area (Å²) in [4.78, 5) is 12.0. The zero-order valence-corrected chi connectivity index (χ0v) is 12.4. The normalized spacial score (nSPS) is 10.3. The quantitative estimate of drug-likeness (QED) is 0.683. The predicted molar refractivity (Wildman–Crippen MR) is 78.8 cm³/mol. The molecule has 0 aliphatic rings. The van der Waals surface area contributed by atoms with E-state index >= 15 is 0 Å². The van der Waals surface area contributed by atoms with E-state index in [1.54, 1.807) is 31.2 Å². The molecule has 0 saturated carbocycles. The SMILES string of the molecule is Cc1cccc(N)c1C(=O)OCc1ccc(F)cc1Br. The average Bonchev–Trinajstić information content (AvgIpc) is 2.37. The minimum atomic E-state index is -0.489. The molecule has 104 valence electrons. The van der Waals surface area contributed by atoms with E-state index in [9.17, 15) is 9.18 Å². The first kappa shape index (κ1) is 14.5. The predicted octanol–water partition coefficient (Wildman–Crippen LogP) is 3.84. The Labute approximate surface area is 124 Å². The number of carbonyl (C=O) groups excluding carboxylic acids is 1. The van der Waals surface area contributed by atoms with Gasteiger partial charge in [0.2, 0.25) is 0 Å². The second-order valence-electron chi connectivity index (χ2n) is 4.35. The van der Waals surface area contributed by atoms with Crippen molar-refractivity contribution in [3.63, 3.8) is 0 Å². The fourth-order valence-corrected chi connectivity index (χ4v) is 2.29. The third kappa shape index (κ3) is 3.17. The Morgan fingerprint density at radius 2 is 2.10 bits per heavy atom. The Kier molecular flexibility index (Phi) is 4.39. The maximum Gasteiger partial charge on any atom is 0.340 e. The maximum absolute atomic E-state index is 13.0. The van der Waals surface area contributed by atoms with Crippen molar-refractivity contribution in [1.29, 1.82) is 0 Å². The van der Waals surface area contributed by atoms with Crippen LogP contribution in [0.2, 0.25) is 0 Å². The number of aryl methyl sites for hydroxylation is 1. The van der Waals surface area contributed by atoms with Crippen LogP contribution >= 0.6 is 15.9 Å². The molecule has 3 nitrogen and oxygen atoms in total. The summed E-state index contributed by atoms with van der Waals surface area (Å²) >= 11 is 3.23. The molecule has 20 heavy (non-hydrogen) atoms. The zero-order valence-electron chi connectivity index (χ0n) is 10.8. The number of ether oxygens (including phenoxy) is 1. The van der Waals surface area contributed by atoms with E-state index in [2.05, 4.69) is 15.9 Å². The van der Waals surface area contributed by atoms with Crippen LogP contribution in [0.25, 0.3) is 0 Å². The first-order valence-electron chi connectivity index (χ1n) is 5.95. The molecule has 0 aromatic heterocycles. The van der Waals surface area contributed by atoms with E-state index in [0.717, 1.165) is 5.56 Å². The van der Waals surface area contributed by atoms with Gasteiger partial charge >= 0.3 is 5.97 Å². The van der Waals surface area contributed by atoms with Crippen LogP contribution < -0.4 is 5.73 Å². The Balaban J connectivity index is 2.13. The van der Waals surface area contributed by atoms with Crippen LogP contribution in [0.1, 0.15) is 21.5 Å². The van der Waals surface area contributed by atoms with Gasteiger partial charge < -0.3 is 10.5 Å². The number of anilines is 1. The lowest BCUT2D eigenvalue weighted by molar-refractivity contribution is 0.0472. The molecule has 0 radical (unpaired) electrons. The lowest BCUT2D eigenvalue weighted by Gasteiger charge is -2.10. The van der Waals surface area contributed by atoms with E-state index < -0.39 is 5.97 Å². The summed E-state index contributed by atoms with van der Waals surface area (Å²) in [6.07, 6.45) is 0. The van der Waals surface area contributed by atoms with Gasteiger partial charge in [0.1, 0.15) is 12.4 Å². The molecule has 0 bridgehead atoms. The standard InChI is InChI=1S/C15H13BrFNO2/c1-9-3-2-4-13(18)14(9)15(19)20-8-10-5-6-11(17)7-12(10)16/h2-7H,8,18H2,1H3. The number of benzene rings is 2. The van der Waals surface area contributed by atoms with E-state index in [1.807, 2.05) is 0 Å². The first-order chi connectivity index (χ1) is 9.49. The van der Waals surface area contributed by atoms with Crippen molar-refractivity contribution in [3.05, 3.63) is 63.4 Å². The van der Waals surface area contributed by atoms with Crippen molar-refractivity contribution < 1.29 is 13.9 Å². The van der Waals surface area contributed by atoms with Crippen LogP contribution in [0, 0.1) is 12.7 Å². The summed E-state index contributed by atoms with van der Waals surface area (Å²) < 4.78 is 18.7. The molecule has 2 rings (SSSR count). The highest BCUT2D eigenvalue weighted by Crippen LogP contribution is 2.21. The van der Waals surface area contributed by atoms with Crippen LogP contribution in [0.3, 0.4) is 0 Å². The van der Waals surface area contributed by atoms with Gasteiger partial charge in [-0.25, -0.2) is 9.18 Å². The molecule has 2 aromatic carbocycles. The molecule has 0 aliphatic carbocycles. The van der Waals surface area contributed by atoms with Gasteiger partial charge in [0, 0.05) is 15.7 Å². The second-order valence-corrected chi connectivity index (χ2v) is 5.21. The van der Waals surface area contributed by atoms with E-state index in [1.165, 1.54) is 12.1 Å². The first-order valence-corrected chi connectivity index (χ1v) is 6.74. The van der Waals surface area contributed by atoms with Gasteiger partial charge in [0.05, 0.1) is 5.56 Å². The number of esters is 1. The van der Waals surface area contributed by atoms with Gasteiger partial charge in [-0.3, -0.25) is 0 Å². The molecule has 0 saturated heterocycles. The van der Waals surface area contributed by atoms with Gasteiger partial charge in [0.15, 0.2) is 0 Å². The highest BCUT2D eigenvalue weighted by Gasteiger charge is 2.14. The largest absolute Gasteiger partial charge is 0.457 e. The Morgan fingerprint density at radius 3 is 2.75 bits per heavy atom. The molecule has 5 heteroatoms. The van der Waals surface area contributed by atoms with Crippen molar-refractivity contribution in [2.45, 2.75) is 13.5 Å². The smallest absolute Gasteiger partial charge is 0.340 e. The van der Waals surface area contributed by atoms with E-state index in [0.29, 0.717) is 21.3 Å². The summed E-state index contributed by atoms with van der Waals surface area (Å²) in [5.74, 6) is -0.841. The van der Waals surface area contributed by atoms with Crippen LogP contribution in [-0.4, -0.2) is 5.97 Å². The summed E-state index contributed by atoms with van der Waals surface area (Å²) in [6.45, 7) is 1.84. The third-order valence-electron chi connectivity index (χ3n) is 2.88. The van der Waals surface area contributed by atoms with Gasteiger partial charge in [0.25, 0.3) is 0 Å². The summed E-state index contributed by atoms with van der Waals surface area (Å²) in [5.41, 5.74) is 7.97. The summed E-state index contributed by atoms with van der Waals surface area (Å²) in [5, 5.41) is 0. The Morgan fingerprint density at radius 1 is 1.35 bits per heavy atom. The topological polar surface area (TPSA) is 52.3 Å². The molecule has 0 heterocycles. The monoisotopic (exact) mass is 337 g/mol. The molecule has 0 spiro atoms. The van der Waals surface area contributed by atoms with Crippen LogP contribution in [0.15, 0.2) is 40.9 Å². The lowest BCUT2D eigenvalue weighted by atomic mass is 10.1. The van der Waals surface area contributed by atoms with Gasteiger partial charge in [-0.2, -0.15) is 0 Å². The van der Waals surface area contributed by atoms with Crippen LogP contribution in [0.4, 0.5) is 10.1 Å². The summed E-state index contributed by atoms with van der Waals surface area (Å²) in [6, 6.07) is 9.42. The van der Waals surface area contributed by atoms with Gasteiger partial charge in [-0.15, -0.1) is 0 Å². The van der Waals surface area contributed by atoms with Crippen molar-refractivity contribution in [1.82, 2.24) is 0 Å². The van der Waals surface area contributed by atoms with E-state index in [-0.39, 0.29) is 12.4 Å². The van der Waals surface area contributed by atoms with Gasteiger partial charge in [-0.1, -0.05) is 34.1 Å². The van der Waals surface area contributed by atoms with Crippen molar-refractivity contribution in [2.75, 3.05) is 5.73 Å². The lowest BCUT2D eigenvalue weighted by Crippen LogP contribution is -2.10. The second kappa shape index (κ2) is 6.05. The molecule has 2 N–H and O–H groups in total. The summed E-state index contributed by atoms with van der Waals surface area (Å²) in [7, 11) is 0. The Bertz CT molecular complexity index is 638. The minimum Gasteiger partial charge on any atom is -0.457 e. The zero-order chi connectivity index (χ0) is 14.7.